The summed E-state index contributed by atoms with van der Waals surface area (Å²) in [5.74, 6) is 0.251. The fourth-order valence-corrected chi connectivity index (χ4v) is 4.84. The third-order valence-electron chi connectivity index (χ3n) is 5.44. The van der Waals surface area contributed by atoms with Crippen LogP contribution in [0.1, 0.15) is 17.0 Å². The molecule has 3 heterocycles. The van der Waals surface area contributed by atoms with E-state index in [4.69, 9.17) is 21.7 Å². The highest BCUT2D eigenvalue weighted by Crippen LogP contribution is 2.30. The van der Waals surface area contributed by atoms with E-state index in [1.165, 1.54) is 16.8 Å². The Morgan fingerprint density at radius 3 is 2.68 bits per heavy atom. The number of aryl methyl sites for hydroxylation is 1. The van der Waals surface area contributed by atoms with Crippen LogP contribution in [0.3, 0.4) is 0 Å². The third-order valence-corrected chi connectivity index (χ3v) is 6.56. The summed E-state index contributed by atoms with van der Waals surface area (Å²) in [5.41, 5.74) is 3.86. The number of ether oxygens (including phenoxy) is 1. The number of aliphatic imine (C=N–C) groups is 1. The minimum Gasteiger partial charge on any atom is -0.487 e. The van der Waals surface area contributed by atoms with Crippen molar-refractivity contribution in [1.29, 1.82) is 5.41 Å². The monoisotopic (exact) mass is 489 g/mol. The van der Waals surface area contributed by atoms with Crippen molar-refractivity contribution < 1.29 is 9.53 Å². The Bertz CT molecular complexity index is 1410. The number of benzene rings is 2. The lowest BCUT2D eigenvalue weighted by molar-refractivity contribution is -0.114. The van der Waals surface area contributed by atoms with Crippen LogP contribution in [0.4, 0.5) is 0 Å². The number of para-hydroxylation sites is 1. The fraction of sp³-hybridized carbons (Fsp3) is 0.120. The van der Waals surface area contributed by atoms with Crippen LogP contribution >= 0.6 is 23.4 Å². The summed E-state index contributed by atoms with van der Waals surface area (Å²) in [4.78, 5) is 17.0. The van der Waals surface area contributed by atoms with Crippen LogP contribution in [0, 0.1) is 19.3 Å². The average Bonchev–Trinajstić information content (AvgIpc) is 3.35. The lowest BCUT2D eigenvalue weighted by Crippen LogP contribution is -2.35. The molecule has 1 amide bonds. The van der Waals surface area contributed by atoms with Gasteiger partial charge in [0.25, 0.3) is 5.91 Å². The highest BCUT2D eigenvalue weighted by atomic mass is 35.5. The van der Waals surface area contributed by atoms with Gasteiger partial charge in [-0.1, -0.05) is 35.9 Å². The zero-order valence-electron chi connectivity index (χ0n) is 18.4. The Kier molecular flexibility index (Phi) is 5.85. The Hall–Kier alpha value is -3.62. The molecule has 0 spiro atoms. The summed E-state index contributed by atoms with van der Waals surface area (Å²) in [6.07, 6.45) is 1.70. The fourth-order valence-electron chi connectivity index (χ4n) is 3.85. The van der Waals surface area contributed by atoms with Crippen molar-refractivity contribution in [2.75, 3.05) is 6.61 Å². The van der Waals surface area contributed by atoms with Gasteiger partial charge in [-0.3, -0.25) is 10.2 Å². The molecule has 34 heavy (non-hydrogen) atoms. The Balaban J connectivity index is 1.41. The molecule has 7 nitrogen and oxygen atoms in total. The number of hydrogen-bond donors (Lipinski definition) is 1. The maximum atomic E-state index is 12.8. The van der Waals surface area contributed by atoms with Crippen LogP contribution in [-0.4, -0.2) is 38.1 Å². The molecule has 5 rings (SSSR count). The molecule has 0 saturated carbocycles. The van der Waals surface area contributed by atoms with E-state index in [0.717, 1.165) is 28.4 Å². The second-order valence-electron chi connectivity index (χ2n) is 7.76. The summed E-state index contributed by atoms with van der Waals surface area (Å²) >= 11 is 7.41. The number of carbonyl (C=O) groups is 1. The van der Waals surface area contributed by atoms with E-state index in [1.54, 1.807) is 6.08 Å². The van der Waals surface area contributed by atoms with Crippen molar-refractivity contribution in [3.05, 3.63) is 88.2 Å². The SMILES string of the molecule is Cc1cc(C=C2C(=N)N3N=C(COc4ccccc4)SC3=NC2=O)c(C)n1-c1cccc(Cl)c1. The molecule has 0 atom stereocenters. The predicted octanol–water partition coefficient (Wildman–Crippen LogP) is 5.45. The number of rotatable bonds is 5. The molecule has 2 aromatic carbocycles. The summed E-state index contributed by atoms with van der Waals surface area (Å²) in [5, 5.41) is 16.1. The first-order valence-electron chi connectivity index (χ1n) is 10.5. The van der Waals surface area contributed by atoms with E-state index < -0.39 is 5.91 Å². The molecule has 170 valence electrons. The van der Waals surface area contributed by atoms with Crippen LogP contribution in [0.15, 0.2) is 76.3 Å². The van der Waals surface area contributed by atoms with Crippen molar-refractivity contribution in [2.24, 2.45) is 10.1 Å². The molecule has 0 saturated heterocycles. The minimum absolute atomic E-state index is 0.00947. The number of fused-ring (bicyclic) bond motifs is 1. The van der Waals surface area contributed by atoms with Crippen molar-refractivity contribution >= 4 is 51.4 Å². The first-order valence-corrected chi connectivity index (χ1v) is 11.7. The lowest BCUT2D eigenvalue weighted by Gasteiger charge is -2.20. The number of hydrazone groups is 1. The van der Waals surface area contributed by atoms with E-state index in [1.807, 2.05) is 74.5 Å². The Labute approximate surface area is 205 Å². The second kappa shape index (κ2) is 8.96. The van der Waals surface area contributed by atoms with Gasteiger partial charge in [0.15, 0.2) is 5.84 Å². The molecular weight excluding hydrogens is 470 g/mol. The molecule has 2 aliphatic rings. The molecular formula is C25H20ClN5O2S. The number of hydrogen-bond acceptors (Lipinski definition) is 5. The van der Waals surface area contributed by atoms with Gasteiger partial charge in [0, 0.05) is 22.1 Å². The van der Waals surface area contributed by atoms with E-state index in [0.29, 0.717) is 15.2 Å². The van der Waals surface area contributed by atoms with Crippen molar-refractivity contribution in [3.8, 4) is 11.4 Å². The van der Waals surface area contributed by atoms with Crippen LogP contribution in [0.5, 0.6) is 5.75 Å². The van der Waals surface area contributed by atoms with Gasteiger partial charge in [-0.05, 0) is 73.6 Å². The first-order chi connectivity index (χ1) is 16.4. The van der Waals surface area contributed by atoms with Crippen molar-refractivity contribution in [3.63, 3.8) is 0 Å². The van der Waals surface area contributed by atoms with Gasteiger partial charge >= 0.3 is 0 Å². The molecule has 0 aliphatic carbocycles. The molecule has 1 N–H and O–H groups in total. The van der Waals surface area contributed by atoms with E-state index in [-0.39, 0.29) is 18.0 Å². The summed E-state index contributed by atoms with van der Waals surface area (Å²) < 4.78 is 7.81. The molecule has 0 unspecified atom stereocenters. The van der Waals surface area contributed by atoms with Crippen molar-refractivity contribution in [1.82, 2.24) is 9.58 Å². The number of nitrogens with one attached hydrogen (secondary N) is 1. The van der Waals surface area contributed by atoms with Gasteiger partial charge in [-0.25, -0.2) is 0 Å². The number of nitrogens with zero attached hydrogens (tertiary/aromatic N) is 4. The topological polar surface area (TPSA) is 83.0 Å². The summed E-state index contributed by atoms with van der Waals surface area (Å²) in [6.45, 7) is 4.18. The standard InChI is InChI=1S/C25H20ClN5O2S/c1-15-11-17(16(2)30(15)19-8-6-7-18(26)13-19)12-21-23(27)31-25(28-24(21)32)34-22(29-31)14-33-20-9-4-3-5-10-20/h3-13,27H,14H2,1-2H3. The molecule has 3 aromatic rings. The normalized spacial score (nSPS) is 16.6. The maximum Gasteiger partial charge on any atom is 0.283 e. The van der Waals surface area contributed by atoms with Gasteiger partial charge in [-0.2, -0.15) is 15.1 Å². The number of amides is 1. The largest absolute Gasteiger partial charge is 0.487 e. The molecule has 9 heteroatoms. The van der Waals surface area contributed by atoms with Gasteiger partial charge in [-0.15, -0.1) is 0 Å². The van der Waals surface area contributed by atoms with E-state index in [2.05, 4.69) is 14.7 Å². The first kappa shape index (κ1) is 22.2. The number of halogens is 1. The number of amidine groups is 2. The number of aromatic nitrogens is 1. The number of carbonyl (C=O) groups excluding carboxylic acids is 1. The zero-order valence-corrected chi connectivity index (χ0v) is 20.0. The van der Waals surface area contributed by atoms with Crippen LogP contribution in [0.2, 0.25) is 5.02 Å². The predicted molar refractivity (Wildman–Crippen MR) is 137 cm³/mol. The maximum absolute atomic E-state index is 12.8. The Morgan fingerprint density at radius 1 is 1.12 bits per heavy atom. The van der Waals surface area contributed by atoms with Crippen LogP contribution in [-0.2, 0) is 4.79 Å². The average molecular weight is 490 g/mol. The summed E-state index contributed by atoms with van der Waals surface area (Å²) in [6, 6.07) is 19.0. The van der Waals surface area contributed by atoms with E-state index >= 15 is 0 Å². The highest BCUT2D eigenvalue weighted by molar-refractivity contribution is 8.27. The zero-order chi connectivity index (χ0) is 23.8. The molecule has 1 aromatic heterocycles. The quantitative estimate of drug-likeness (QED) is 0.483. The molecule has 2 aliphatic heterocycles. The molecule has 0 fully saturated rings. The molecule has 0 radical (unpaired) electrons. The number of thioether (sulfide) groups is 1. The highest BCUT2D eigenvalue weighted by Gasteiger charge is 2.36. The smallest absolute Gasteiger partial charge is 0.283 e. The van der Waals surface area contributed by atoms with Gasteiger partial charge in [0.1, 0.15) is 17.4 Å². The lowest BCUT2D eigenvalue weighted by atomic mass is 10.1. The molecule has 0 bridgehead atoms. The van der Waals surface area contributed by atoms with Crippen LogP contribution in [0.25, 0.3) is 11.8 Å². The van der Waals surface area contributed by atoms with Gasteiger partial charge in [0.05, 0.1) is 5.57 Å². The van der Waals surface area contributed by atoms with E-state index in [9.17, 15) is 4.79 Å². The van der Waals surface area contributed by atoms with Crippen LogP contribution < -0.4 is 4.74 Å². The minimum atomic E-state index is -0.461. The van der Waals surface area contributed by atoms with Gasteiger partial charge < -0.3 is 9.30 Å². The Morgan fingerprint density at radius 2 is 1.91 bits per heavy atom. The second-order valence-corrected chi connectivity index (χ2v) is 9.23. The summed E-state index contributed by atoms with van der Waals surface area (Å²) in [7, 11) is 0. The third kappa shape index (κ3) is 4.18. The van der Waals surface area contributed by atoms with Gasteiger partial charge in [0.2, 0.25) is 5.17 Å². The van der Waals surface area contributed by atoms with Crippen molar-refractivity contribution in [2.45, 2.75) is 13.8 Å².